The number of hydrogen-bond acceptors (Lipinski definition) is 2. The van der Waals surface area contributed by atoms with Gasteiger partial charge < -0.3 is 9.52 Å². The highest BCUT2D eigenvalue weighted by atomic mass is 16.4. The predicted molar refractivity (Wildman–Crippen MR) is 38.7 cm³/mol. The minimum Gasteiger partial charge on any atom is -0.463 e. The first-order valence-electron chi connectivity index (χ1n) is 3.29. The zero-order chi connectivity index (χ0) is 7.78. The van der Waals surface area contributed by atoms with Crippen molar-refractivity contribution in [3.8, 4) is 0 Å². The second-order valence-electron chi connectivity index (χ2n) is 2.97. The van der Waals surface area contributed by atoms with E-state index >= 15 is 0 Å². The summed E-state index contributed by atoms with van der Waals surface area (Å²) in [6.07, 6.45) is 0. The lowest BCUT2D eigenvalue weighted by Crippen LogP contribution is -2.13. The molecule has 1 heterocycles. The molecular formula is C8H12O2. The molecule has 2 heteroatoms. The molecule has 0 unspecified atom stereocenters. The molecule has 56 valence electrons. The number of aliphatic hydroxyl groups is 1. The zero-order valence-corrected chi connectivity index (χ0v) is 6.51. The molecule has 0 aliphatic heterocycles. The SMILES string of the molecule is Cc1ccc(C(C)(C)O)o1. The third kappa shape index (κ3) is 1.39. The summed E-state index contributed by atoms with van der Waals surface area (Å²) in [7, 11) is 0. The Morgan fingerprint density at radius 1 is 1.40 bits per heavy atom. The highest BCUT2D eigenvalue weighted by Crippen LogP contribution is 2.21. The fourth-order valence-electron chi connectivity index (χ4n) is 0.763. The predicted octanol–water partition coefficient (Wildman–Crippen LogP) is 1.82. The second-order valence-corrected chi connectivity index (χ2v) is 2.97. The Morgan fingerprint density at radius 3 is 2.20 bits per heavy atom. The summed E-state index contributed by atoms with van der Waals surface area (Å²) in [4.78, 5) is 0. The van der Waals surface area contributed by atoms with Gasteiger partial charge in [0.1, 0.15) is 17.1 Å². The molecule has 0 aromatic carbocycles. The summed E-state index contributed by atoms with van der Waals surface area (Å²) in [6.45, 7) is 5.26. The standard InChI is InChI=1S/C8H12O2/c1-6-4-5-7(10-6)8(2,3)9/h4-5,9H,1-3H3. The van der Waals surface area contributed by atoms with Crippen molar-refractivity contribution in [3.05, 3.63) is 23.7 Å². The highest BCUT2D eigenvalue weighted by Gasteiger charge is 2.19. The zero-order valence-electron chi connectivity index (χ0n) is 6.51. The molecule has 0 amide bonds. The molecule has 1 rings (SSSR count). The number of aryl methyl sites for hydroxylation is 1. The van der Waals surface area contributed by atoms with Crippen LogP contribution in [0.4, 0.5) is 0 Å². The molecule has 1 aromatic heterocycles. The van der Waals surface area contributed by atoms with Gasteiger partial charge in [-0.1, -0.05) is 0 Å². The van der Waals surface area contributed by atoms with Gasteiger partial charge in [-0.15, -0.1) is 0 Å². The van der Waals surface area contributed by atoms with Crippen LogP contribution in [0.25, 0.3) is 0 Å². The molecule has 0 aliphatic carbocycles. The van der Waals surface area contributed by atoms with Crippen molar-refractivity contribution in [3.63, 3.8) is 0 Å². The summed E-state index contributed by atoms with van der Waals surface area (Å²) >= 11 is 0. The van der Waals surface area contributed by atoms with Gasteiger partial charge in [0.2, 0.25) is 0 Å². The van der Waals surface area contributed by atoms with Gasteiger partial charge in [0.15, 0.2) is 0 Å². The van der Waals surface area contributed by atoms with E-state index in [0.717, 1.165) is 5.76 Å². The van der Waals surface area contributed by atoms with Crippen LogP contribution in [0.1, 0.15) is 25.4 Å². The van der Waals surface area contributed by atoms with Crippen LogP contribution in [0.15, 0.2) is 16.5 Å². The summed E-state index contributed by atoms with van der Waals surface area (Å²) in [5, 5.41) is 9.41. The van der Waals surface area contributed by atoms with Crippen molar-refractivity contribution in [1.82, 2.24) is 0 Å². The average Bonchev–Trinajstić information content (AvgIpc) is 2.11. The molecular weight excluding hydrogens is 128 g/mol. The lowest BCUT2D eigenvalue weighted by atomic mass is 10.1. The van der Waals surface area contributed by atoms with Crippen molar-refractivity contribution in [1.29, 1.82) is 0 Å². The quantitative estimate of drug-likeness (QED) is 0.645. The average molecular weight is 140 g/mol. The molecule has 1 N–H and O–H groups in total. The monoisotopic (exact) mass is 140 g/mol. The summed E-state index contributed by atoms with van der Waals surface area (Å²) in [5.74, 6) is 1.45. The summed E-state index contributed by atoms with van der Waals surface area (Å²) in [5.41, 5.74) is -0.853. The Balaban J connectivity index is 2.96. The van der Waals surface area contributed by atoms with Gasteiger partial charge in [0.25, 0.3) is 0 Å². The van der Waals surface area contributed by atoms with E-state index in [-0.39, 0.29) is 0 Å². The Labute approximate surface area is 60.5 Å². The Kier molecular flexibility index (Phi) is 1.57. The van der Waals surface area contributed by atoms with Crippen LogP contribution in [-0.2, 0) is 5.60 Å². The van der Waals surface area contributed by atoms with Crippen LogP contribution < -0.4 is 0 Å². The maximum atomic E-state index is 9.41. The molecule has 0 aliphatic rings. The first-order valence-corrected chi connectivity index (χ1v) is 3.29. The van der Waals surface area contributed by atoms with E-state index in [4.69, 9.17) is 4.42 Å². The van der Waals surface area contributed by atoms with Crippen molar-refractivity contribution < 1.29 is 9.52 Å². The van der Waals surface area contributed by atoms with Gasteiger partial charge in [-0.2, -0.15) is 0 Å². The minimum absolute atomic E-state index is 0.616. The van der Waals surface area contributed by atoms with Crippen LogP contribution >= 0.6 is 0 Å². The lowest BCUT2D eigenvalue weighted by molar-refractivity contribution is 0.0533. The maximum Gasteiger partial charge on any atom is 0.135 e. The molecule has 0 bridgehead atoms. The van der Waals surface area contributed by atoms with Gasteiger partial charge in [-0.3, -0.25) is 0 Å². The smallest absolute Gasteiger partial charge is 0.135 e. The minimum atomic E-state index is -0.853. The van der Waals surface area contributed by atoms with Gasteiger partial charge in [-0.05, 0) is 32.9 Å². The third-order valence-electron chi connectivity index (χ3n) is 1.34. The van der Waals surface area contributed by atoms with Crippen LogP contribution in [0, 0.1) is 6.92 Å². The van der Waals surface area contributed by atoms with Crippen molar-refractivity contribution in [2.24, 2.45) is 0 Å². The normalized spacial score (nSPS) is 12.0. The Hall–Kier alpha value is -0.760. The molecule has 0 saturated carbocycles. The number of hydrogen-bond donors (Lipinski definition) is 1. The van der Waals surface area contributed by atoms with E-state index in [2.05, 4.69) is 0 Å². The van der Waals surface area contributed by atoms with Gasteiger partial charge in [0.05, 0.1) is 0 Å². The largest absolute Gasteiger partial charge is 0.463 e. The van der Waals surface area contributed by atoms with Gasteiger partial charge >= 0.3 is 0 Å². The van der Waals surface area contributed by atoms with E-state index in [1.807, 2.05) is 13.0 Å². The third-order valence-corrected chi connectivity index (χ3v) is 1.34. The van der Waals surface area contributed by atoms with E-state index in [0.29, 0.717) is 5.76 Å². The van der Waals surface area contributed by atoms with Crippen LogP contribution in [-0.4, -0.2) is 5.11 Å². The molecule has 1 aromatic rings. The van der Waals surface area contributed by atoms with Gasteiger partial charge in [0, 0.05) is 0 Å². The van der Waals surface area contributed by atoms with Crippen molar-refractivity contribution in [2.45, 2.75) is 26.4 Å². The van der Waals surface area contributed by atoms with E-state index in [1.54, 1.807) is 19.9 Å². The molecule has 0 saturated heterocycles. The molecule has 10 heavy (non-hydrogen) atoms. The Morgan fingerprint density at radius 2 is 2.00 bits per heavy atom. The molecule has 2 nitrogen and oxygen atoms in total. The van der Waals surface area contributed by atoms with Crippen molar-refractivity contribution in [2.75, 3.05) is 0 Å². The first kappa shape index (κ1) is 7.35. The van der Waals surface area contributed by atoms with E-state index in [1.165, 1.54) is 0 Å². The molecule has 0 spiro atoms. The second kappa shape index (κ2) is 2.13. The molecule has 0 radical (unpaired) electrons. The number of furan rings is 1. The maximum absolute atomic E-state index is 9.41. The van der Waals surface area contributed by atoms with Crippen LogP contribution in [0.3, 0.4) is 0 Å². The summed E-state index contributed by atoms with van der Waals surface area (Å²) < 4.78 is 5.20. The fourth-order valence-corrected chi connectivity index (χ4v) is 0.763. The summed E-state index contributed by atoms with van der Waals surface area (Å²) in [6, 6.07) is 3.63. The topological polar surface area (TPSA) is 33.4 Å². The lowest BCUT2D eigenvalue weighted by Gasteiger charge is -2.12. The van der Waals surface area contributed by atoms with E-state index in [9.17, 15) is 5.11 Å². The first-order chi connectivity index (χ1) is 4.50. The van der Waals surface area contributed by atoms with Crippen molar-refractivity contribution >= 4 is 0 Å². The fraction of sp³-hybridized carbons (Fsp3) is 0.500. The van der Waals surface area contributed by atoms with Crippen LogP contribution in [0.2, 0.25) is 0 Å². The highest BCUT2D eigenvalue weighted by molar-refractivity contribution is 5.10. The molecule has 0 atom stereocenters. The molecule has 0 fully saturated rings. The van der Waals surface area contributed by atoms with E-state index < -0.39 is 5.60 Å². The Bertz CT molecular complexity index is 217. The number of rotatable bonds is 1. The van der Waals surface area contributed by atoms with Crippen LogP contribution in [0.5, 0.6) is 0 Å². The van der Waals surface area contributed by atoms with Gasteiger partial charge in [-0.25, -0.2) is 0 Å².